The maximum absolute atomic E-state index is 11.8. The van der Waals surface area contributed by atoms with Crippen molar-refractivity contribution in [3.63, 3.8) is 0 Å². The second-order valence-corrected chi connectivity index (χ2v) is 4.07. The fourth-order valence-corrected chi connectivity index (χ4v) is 1.72. The zero-order valence-electron chi connectivity index (χ0n) is 10.2. The van der Waals surface area contributed by atoms with E-state index in [0.29, 0.717) is 6.61 Å². The van der Waals surface area contributed by atoms with Crippen LogP contribution in [-0.2, 0) is 11.3 Å². The molecule has 2 aromatic rings. The van der Waals surface area contributed by atoms with E-state index >= 15 is 0 Å². The van der Waals surface area contributed by atoms with E-state index in [2.05, 4.69) is 0 Å². The van der Waals surface area contributed by atoms with Gasteiger partial charge in [-0.15, -0.1) is 0 Å². The highest BCUT2D eigenvalue weighted by atomic mass is 16.5. The molecule has 0 atom stereocenters. The average Bonchev–Trinajstić information content (AvgIpc) is 2.40. The SMILES string of the molecule is O=C(COCc1ccccc1)c1c(O)cccc1O. The highest BCUT2D eigenvalue weighted by Crippen LogP contribution is 2.26. The van der Waals surface area contributed by atoms with Crippen LogP contribution >= 0.6 is 0 Å². The van der Waals surface area contributed by atoms with E-state index in [0.717, 1.165) is 5.56 Å². The zero-order chi connectivity index (χ0) is 13.7. The van der Waals surface area contributed by atoms with Gasteiger partial charge in [0.05, 0.1) is 6.61 Å². The molecule has 0 saturated carbocycles. The first-order chi connectivity index (χ1) is 9.18. The Morgan fingerprint density at radius 1 is 0.947 bits per heavy atom. The quantitative estimate of drug-likeness (QED) is 0.809. The lowest BCUT2D eigenvalue weighted by atomic mass is 10.1. The van der Waals surface area contributed by atoms with E-state index < -0.39 is 5.78 Å². The number of aromatic hydroxyl groups is 2. The summed E-state index contributed by atoms with van der Waals surface area (Å²) in [5, 5.41) is 19.1. The predicted octanol–water partition coefficient (Wildman–Crippen LogP) is 2.50. The number of phenols is 2. The molecular weight excluding hydrogens is 244 g/mol. The van der Waals surface area contributed by atoms with E-state index in [1.54, 1.807) is 0 Å². The normalized spacial score (nSPS) is 10.3. The maximum atomic E-state index is 11.8. The number of Topliss-reactive ketones (excluding diaryl/α,β-unsaturated/α-hetero) is 1. The van der Waals surface area contributed by atoms with Crippen LogP contribution in [0.1, 0.15) is 15.9 Å². The molecule has 2 rings (SSSR count). The van der Waals surface area contributed by atoms with Gasteiger partial charge in [0.15, 0.2) is 5.78 Å². The summed E-state index contributed by atoms with van der Waals surface area (Å²) in [5.74, 6) is -0.937. The fraction of sp³-hybridized carbons (Fsp3) is 0.133. The Bertz CT molecular complexity index is 543. The molecule has 0 saturated heterocycles. The van der Waals surface area contributed by atoms with Gasteiger partial charge >= 0.3 is 0 Å². The van der Waals surface area contributed by atoms with E-state index in [1.165, 1.54) is 18.2 Å². The standard InChI is InChI=1S/C15H14O4/c16-12-7-4-8-13(17)15(12)14(18)10-19-9-11-5-2-1-3-6-11/h1-8,16-17H,9-10H2. The van der Waals surface area contributed by atoms with Crippen LogP contribution in [0.25, 0.3) is 0 Å². The second-order valence-electron chi connectivity index (χ2n) is 4.07. The molecule has 0 fully saturated rings. The number of ketones is 1. The third kappa shape index (κ3) is 3.33. The van der Waals surface area contributed by atoms with Gasteiger partial charge in [-0.2, -0.15) is 0 Å². The van der Waals surface area contributed by atoms with Crippen LogP contribution < -0.4 is 0 Å². The highest BCUT2D eigenvalue weighted by Gasteiger charge is 2.15. The van der Waals surface area contributed by atoms with E-state index in [9.17, 15) is 15.0 Å². The number of rotatable bonds is 5. The summed E-state index contributed by atoms with van der Waals surface area (Å²) in [6.07, 6.45) is 0. The first-order valence-corrected chi connectivity index (χ1v) is 5.84. The molecule has 0 radical (unpaired) electrons. The number of ether oxygens (including phenoxy) is 1. The van der Waals surface area contributed by atoms with Crippen molar-refractivity contribution < 1.29 is 19.7 Å². The summed E-state index contributed by atoms with van der Waals surface area (Å²) in [5.41, 5.74) is 0.854. The van der Waals surface area contributed by atoms with Gasteiger partial charge in [0.1, 0.15) is 23.7 Å². The Labute approximate surface area is 110 Å². The van der Waals surface area contributed by atoms with Gasteiger partial charge in [0, 0.05) is 0 Å². The molecule has 0 amide bonds. The third-order valence-electron chi connectivity index (χ3n) is 2.64. The minimum absolute atomic E-state index is 0.101. The molecule has 19 heavy (non-hydrogen) atoms. The van der Waals surface area contributed by atoms with Crippen LogP contribution in [0.15, 0.2) is 48.5 Å². The molecule has 0 aromatic heterocycles. The van der Waals surface area contributed by atoms with Gasteiger partial charge in [-0.3, -0.25) is 4.79 Å². The Morgan fingerprint density at radius 3 is 2.21 bits per heavy atom. The summed E-state index contributed by atoms with van der Waals surface area (Å²) in [4.78, 5) is 11.8. The summed E-state index contributed by atoms with van der Waals surface area (Å²) in [6.45, 7) is 0.112. The van der Waals surface area contributed by atoms with Crippen molar-refractivity contribution in [2.24, 2.45) is 0 Å². The Morgan fingerprint density at radius 2 is 1.58 bits per heavy atom. The number of carbonyl (C=O) groups excluding carboxylic acids is 1. The Balaban J connectivity index is 1.95. The molecule has 2 aromatic carbocycles. The fourth-order valence-electron chi connectivity index (χ4n) is 1.72. The number of benzene rings is 2. The Kier molecular flexibility index (Phi) is 4.15. The monoisotopic (exact) mass is 258 g/mol. The average molecular weight is 258 g/mol. The van der Waals surface area contributed by atoms with Gasteiger partial charge in [0.25, 0.3) is 0 Å². The molecule has 0 aliphatic heterocycles. The third-order valence-corrected chi connectivity index (χ3v) is 2.64. The molecule has 0 unspecified atom stereocenters. The van der Waals surface area contributed by atoms with Crippen LogP contribution in [0.4, 0.5) is 0 Å². The molecule has 0 heterocycles. The minimum Gasteiger partial charge on any atom is -0.507 e. The highest BCUT2D eigenvalue weighted by molar-refractivity contribution is 6.01. The van der Waals surface area contributed by atoms with Gasteiger partial charge < -0.3 is 14.9 Å². The minimum atomic E-state index is -0.452. The van der Waals surface area contributed by atoms with Gasteiger partial charge in [-0.05, 0) is 17.7 Å². The first-order valence-electron chi connectivity index (χ1n) is 5.84. The van der Waals surface area contributed by atoms with Crippen molar-refractivity contribution in [1.29, 1.82) is 0 Å². The van der Waals surface area contributed by atoms with Gasteiger partial charge in [-0.1, -0.05) is 36.4 Å². The molecule has 0 aliphatic rings. The predicted molar refractivity (Wildman–Crippen MR) is 70.2 cm³/mol. The summed E-state index contributed by atoms with van der Waals surface area (Å²) in [6, 6.07) is 13.6. The lowest BCUT2D eigenvalue weighted by Crippen LogP contribution is -2.09. The molecule has 0 bridgehead atoms. The second kappa shape index (κ2) is 6.02. The van der Waals surface area contributed by atoms with Crippen molar-refractivity contribution in [1.82, 2.24) is 0 Å². The molecule has 0 spiro atoms. The molecule has 0 aliphatic carbocycles. The van der Waals surface area contributed by atoms with Crippen molar-refractivity contribution in [3.05, 3.63) is 59.7 Å². The van der Waals surface area contributed by atoms with Gasteiger partial charge in [0.2, 0.25) is 0 Å². The lowest BCUT2D eigenvalue weighted by Gasteiger charge is -2.07. The molecule has 4 nitrogen and oxygen atoms in total. The van der Waals surface area contributed by atoms with Crippen LogP contribution in [0, 0.1) is 0 Å². The summed E-state index contributed by atoms with van der Waals surface area (Å²) < 4.78 is 5.27. The smallest absolute Gasteiger partial charge is 0.195 e. The van der Waals surface area contributed by atoms with Crippen LogP contribution in [0.5, 0.6) is 11.5 Å². The van der Waals surface area contributed by atoms with Crippen LogP contribution in [0.2, 0.25) is 0 Å². The largest absolute Gasteiger partial charge is 0.507 e. The first kappa shape index (κ1) is 13.1. The molecule has 2 N–H and O–H groups in total. The van der Waals surface area contributed by atoms with Crippen molar-refractivity contribution in [3.8, 4) is 11.5 Å². The number of hydrogen-bond acceptors (Lipinski definition) is 4. The van der Waals surface area contributed by atoms with Crippen LogP contribution in [0.3, 0.4) is 0 Å². The van der Waals surface area contributed by atoms with Gasteiger partial charge in [-0.25, -0.2) is 0 Å². The van der Waals surface area contributed by atoms with Crippen molar-refractivity contribution >= 4 is 5.78 Å². The van der Waals surface area contributed by atoms with Crippen LogP contribution in [-0.4, -0.2) is 22.6 Å². The number of carbonyl (C=O) groups is 1. The van der Waals surface area contributed by atoms with E-state index in [4.69, 9.17) is 4.74 Å². The van der Waals surface area contributed by atoms with E-state index in [-0.39, 0.29) is 23.7 Å². The summed E-state index contributed by atoms with van der Waals surface area (Å²) >= 11 is 0. The van der Waals surface area contributed by atoms with Crippen molar-refractivity contribution in [2.45, 2.75) is 6.61 Å². The lowest BCUT2D eigenvalue weighted by molar-refractivity contribution is 0.0721. The molecular formula is C15H14O4. The van der Waals surface area contributed by atoms with E-state index in [1.807, 2.05) is 30.3 Å². The zero-order valence-corrected chi connectivity index (χ0v) is 10.2. The number of phenolic OH excluding ortho intramolecular Hbond substituents is 2. The summed E-state index contributed by atoms with van der Waals surface area (Å²) in [7, 11) is 0. The van der Waals surface area contributed by atoms with Crippen molar-refractivity contribution in [2.75, 3.05) is 6.61 Å². The topological polar surface area (TPSA) is 66.8 Å². The number of hydrogen-bond donors (Lipinski definition) is 2. The Hall–Kier alpha value is -2.33. The molecule has 4 heteroatoms. The molecule has 98 valence electrons. The maximum Gasteiger partial charge on any atom is 0.195 e.